The fraction of sp³-hybridized carbons (Fsp3) is 0.458. The van der Waals surface area contributed by atoms with E-state index in [1.165, 1.54) is 17.7 Å². The SMILES string of the molecule is O=C(NC(Nc1ccccc1C1CC1)NC1CCC(O)CC1)c1ccc(C(F)(F)F)cc1. The second kappa shape index (κ2) is 9.50. The smallest absolute Gasteiger partial charge is 0.393 e. The van der Waals surface area contributed by atoms with Gasteiger partial charge in [0.05, 0.1) is 11.7 Å². The quantitative estimate of drug-likeness (QED) is 0.468. The zero-order valence-corrected chi connectivity index (χ0v) is 17.7. The lowest BCUT2D eigenvalue weighted by Crippen LogP contribution is -2.55. The van der Waals surface area contributed by atoms with E-state index < -0.39 is 23.9 Å². The van der Waals surface area contributed by atoms with E-state index in [-0.39, 0.29) is 17.7 Å². The molecule has 4 N–H and O–H groups in total. The molecule has 5 nitrogen and oxygen atoms in total. The standard InChI is InChI=1S/C24H28F3N3O2/c25-24(26,27)17-9-7-16(8-10-17)22(32)30-23(28-18-11-13-19(31)14-12-18)29-21-4-2-1-3-20(21)15-5-6-15/h1-4,7-10,15,18-19,23,28-29,31H,5-6,11-14H2,(H,30,32). The Morgan fingerprint density at radius 1 is 0.938 bits per heavy atom. The van der Waals surface area contributed by atoms with Crippen molar-refractivity contribution < 1.29 is 23.1 Å². The molecule has 2 fully saturated rings. The third-order valence-corrected chi connectivity index (χ3v) is 6.13. The van der Waals surface area contributed by atoms with E-state index in [2.05, 4.69) is 22.0 Å². The lowest BCUT2D eigenvalue weighted by Gasteiger charge is -2.32. The highest BCUT2D eigenvalue weighted by Gasteiger charge is 2.31. The molecule has 0 heterocycles. The van der Waals surface area contributed by atoms with Crippen molar-refractivity contribution in [2.45, 2.75) is 69.1 Å². The van der Waals surface area contributed by atoms with E-state index in [1.807, 2.05) is 18.2 Å². The van der Waals surface area contributed by atoms with Crippen LogP contribution in [0.1, 0.15) is 65.9 Å². The number of para-hydroxylation sites is 1. The van der Waals surface area contributed by atoms with Crippen LogP contribution >= 0.6 is 0 Å². The largest absolute Gasteiger partial charge is 0.416 e. The van der Waals surface area contributed by atoms with Crippen LogP contribution in [-0.2, 0) is 6.18 Å². The van der Waals surface area contributed by atoms with Gasteiger partial charge in [-0.2, -0.15) is 13.2 Å². The fourth-order valence-electron chi connectivity index (χ4n) is 4.16. The van der Waals surface area contributed by atoms with Gasteiger partial charge in [0.25, 0.3) is 5.91 Å². The Hall–Kier alpha value is -2.58. The monoisotopic (exact) mass is 447 g/mol. The van der Waals surface area contributed by atoms with Crippen LogP contribution in [0.15, 0.2) is 48.5 Å². The predicted octanol–water partition coefficient (Wildman–Crippen LogP) is 4.60. The average molecular weight is 448 g/mol. The van der Waals surface area contributed by atoms with Gasteiger partial charge in [-0.15, -0.1) is 0 Å². The highest BCUT2D eigenvalue weighted by molar-refractivity contribution is 5.94. The molecule has 172 valence electrons. The number of rotatable bonds is 7. The van der Waals surface area contributed by atoms with Gasteiger partial charge < -0.3 is 15.7 Å². The molecule has 0 bridgehead atoms. The third-order valence-electron chi connectivity index (χ3n) is 6.13. The topological polar surface area (TPSA) is 73.4 Å². The number of anilines is 1. The molecule has 8 heteroatoms. The number of hydrogen-bond acceptors (Lipinski definition) is 4. The van der Waals surface area contributed by atoms with E-state index in [9.17, 15) is 23.1 Å². The molecule has 0 aliphatic heterocycles. The number of benzene rings is 2. The van der Waals surface area contributed by atoms with Gasteiger partial charge in [-0.3, -0.25) is 10.1 Å². The lowest BCUT2D eigenvalue weighted by atomic mass is 9.93. The molecule has 0 aromatic heterocycles. The summed E-state index contributed by atoms with van der Waals surface area (Å²) in [6.07, 6.45) is -0.143. The van der Waals surface area contributed by atoms with Crippen molar-refractivity contribution in [3.63, 3.8) is 0 Å². The zero-order chi connectivity index (χ0) is 22.7. The van der Waals surface area contributed by atoms with E-state index in [1.54, 1.807) is 0 Å². The van der Waals surface area contributed by atoms with Crippen LogP contribution in [0.3, 0.4) is 0 Å². The minimum absolute atomic E-state index is 0.108. The molecule has 1 unspecified atom stereocenters. The summed E-state index contributed by atoms with van der Waals surface area (Å²) in [4.78, 5) is 12.8. The summed E-state index contributed by atoms with van der Waals surface area (Å²) in [6.45, 7) is 0. The number of aliphatic hydroxyl groups is 1. The molecular weight excluding hydrogens is 419 g/mol. The second-order valence-electron chi connectivity index (χ2n) is 8.66. The number of amides is 1. The summed E-state index contributed by atoms with van der Waals surface area (Å²) >= 11 is 0. The zero-order valence-electron chi connectivity index (χ0n) is 17.7. The Labute approximate surface area is 185 Å². The molecule has 0 radical (unpaired) electrons. The number of alkyl halides is 3. The Morgan fingerprint density at radius 3 is 2.22 bits per heavy atom. The average Bonchev–Trinajstić information content (AvgIpc) is 3.60. The molecular formula is C24H28F3N3O2. The lowest BCUT2D eigenvalue weighted by molar-refractivity contribution is -0.137. The third kappa shape index (κ3) is 5.81. The van der Waals surface area contributed by atoms with Crippen LogP contribution in [0.2, 0.25) is 0 Å². The van der Waals surface area contributed by atoms with Gasteiger partial charge in [-0.25, -0.2) is 0 Å². The first-order valence-electron chi connectivity index (χ1n) is 11.1. The highest BCUT2D eigenvalue weighted by atomic mass is 19.4. The molecule has 1 amide bonds. The number of halogens is 3. The van der Waals surface area contributed by atoms with Crippen molar-refractivity contribution in [3.8, 4) is 0 Å². The molecule has 2 aromatic carbocycles. The minimum atomic E-state index is -4.45. The maximum absolute atomic E-state index is 12.8. The summed E-state index contributed by atoms with van der Waals surface area (Å²) in [7, 11) is 0. The van der Waals surface area contributed by atoms with Gasteiger partial charge in [0, 0.05) is 17.3 Å². The van der Waals surface area contributed by atoms with Crippen LogP contribution in [0.25, 0.3) is 0 Å². The number of hydrogen-bond donors (Lipinski definition) is 4. The number of carbonyl (C=O) groups excluding carboxylic acids is 1. The minimum Gasteiger partial charge on any atom is -0.393 e. The van der Waals surface area contributed by atoms with E-state index >= 15 is 0 Å². The summed E-state index contributed by atoms with van der Waals surface area (Å²) in [5.74, 6) is 0.0401. The normalized spacial score (nSPS) is 22.2. The van der Waals surface area contributed by atoms with Crippen molar-refractivity contribution in [3.05, 3.63) is 65.2 Å². The van der Waals surface area contributed by atoms with Crippen LogP contribution < -0.4 is 16.0 Å². The van der Waals surface area contributed by atoms with E-state index in [4.69, 9.17) is 0 Å². The number of nitrogens with one attached hydrogen (secondary N) is 3. The van der Waals surface area contributed by atoms with Gasteiger partial charge in [0.15, 0.2) is 6.29 Å². The van der Waals surface area contributed by atoms with Gasteiger partial charge >= 0.3 is 6.18 Å². The van der Waals surface area contributed by atoms with Gasteiger partial charge in [0.1, 0.15) is 0 Å². The molecule has 2 aliphatic rings. The summed E-state index contributed by atoms with van der Waals surface area (Å²) in [5.41, 5.74) is 1.49. The van der Waals surface area contributed by atoms with Crippen LogP contribution in [0.5, 0.6) is 0 Å². The molecule has 0 spiro atoms. The first-order chi connectivity index (χ1) is 15.3. The summed E-state index contributed by atoms with van der Waals surface area (Å²) in [5, 5.41) is 19.5. The Kier molecular flexibility index (Phi) is 6.71. The van der Waals surface area contributed by atoms with Crippen LogP contribution in [-0.4, -0.2) is 29.4 Å². The van der Waals surface area contributed by atoms with Gasteiger partial charge in [0.2, 0.25) is 0 Å². The molecule has 1 atom stereocenters. The summed E-state index contributed by atoms with van der Waals surface area (Å²) in [6, 6.07) is 12.3. The maximum atomic E-state index is 12.8. The summed E-state index contributed by atoms with van der Waals surface area (Å²) < 4.78 is 38.5. The van der Waals surface area contributed by atoms with Gasteiger partial charge in [-0.1, -0.05) is 18.2 Å². The van der Waals surface area contributed by atoms with Gasteiger partial charge in [-0.05, 0) is 80.3 Å². The van der Waals surface area contributed by atoms with Crippen LogP contribution in [0, 0.1) is 0 Å². The molecule has 2 aliphatic carbocycles. The molecule has 4 rings (SSSR count). The number of carbonyl (C=O) groups is 1. The molecule has 0 saturated heterocycles. The Morgan fingerprint density at radius 2 is 1.59 bits per heavy atom. The number of aliphatic hydroxyl groups excluding tert-OH is 1. The van der Waals surface area contributed by atoms with Crippen molar-refractivity contribution in [2.75, 3.05) is 5.32 Å². The second-order valence-corrected chi connectivity index (χ2v) is 8.66. The highest BCUT2D eigenvalue weighted by Crippen LogP contribution is 2.43. The van der Waals surface area contributed by atoms with E-state index in [0.717, 1.165) is 43.5 Å². The fourth-order valence-corrected chi connectivity index (χ4v) is 4.16. The van der Waals surface area contributed by atoms with Crippen molar-refractivity contribution >= 4 is 11.6 Å². The van der Waals surface area contributed by atoms with Crippen LogP contribution in [0.4, 0.5) is 18.9 Å². The van der Waals surface area contributed by atoms with Crippen molar-refractivity contribution in [1.29, 1.82) is 0 Å². The molecule has 32 heavy (non-hydrogen) atoms. The maximum Gasteiger partial charge on any atom is 0.416 e. The predicted molar refractivity (Wildman–Crippen MR) is 116 cm³/mol. The van der Waals surface area contributed by atoms with Crippen molar-refractivity contribution in [2.24, 2.45) is 0 Å². The Balaban J connectivity index is 1.49. The van der Waals surface area contributed by atoms with E-state index in [0.29, 0.717) is 18.8 Å². The molecule has 2 saturated carbocycles. The van der Waals surface area contributed by atoms with Crippen molar-refractivity contribution in [1.82, 2.24) is 10.6 Å². The first kappa shape index (κ1) is 22.6. The first-order valence-corrected chi connectivity index (χ1v) is 11.1. The Bertz CT molecular complexity index is 921. The molecule has 2 aromatic rings.